The molecule has 5 heteroatoms. The molecule has 1 heterocycles. The molecule has 1 amide bonds. The molecular weight excluding hydrogens is 354 g/mol. The van der Waals surface area contributed by atoms with Crippen molar-refractivity contribution in [3.05, 3.63) is 50.6 Å². The van der Waals surface area contributed by atoms with E-state index < -0.39 is 0 Å². The number of thiophene rings is 1. The van der Waals surface area contributed by atoms with Gasteiger partial charge in [0.1, 0.15) is 0 Å². The zero-order valence-corrected chi connectivity index (χ0v) is 14.0. The van der Waals surface area contributed by atoms with Crippen molar-refractivity contribution in [1.82, 2.24) is 4.90 Å². The van der Waals surface area contributed by atoms with E-state index in [1.807, 2.05) is 23.1 Å². The van der Waals surface area contributed by atoms with Gasteiger partial charge < -0.3 is 4.90 Å². The maximum Gasteiger partial charge on any atom is 0.255 e. The van der Waals surface area contributed by atoms with Crippen molar-refractivity contribution in [2.75, 3.05) is 0 Å². The van der Waals surface area contributed by atoms with Crippen molar-refractivity contribution in [2.24, 2.45) is 0 Å². The summed E-state index contributed by atoms with van der Waals surface area (Å²) in [5, 5.41) is 4.15. The number of thiol groups is 1. The van der Waals surface area contributed by atoms with Gasteiger partial charge in [0.2, 0.25) is 0 Å². The standard InChI is InChI=1S/C15H14BrNOS2/c16-14-4-3-12(19)7-13(14)15(18)17(11-1-2-11)8-10-5-6-20-9-10/h3-7,9,11,19H,1-2,8H2. The van der Waals surface area contributed by atoms with Crippen molar-refractivity contribution in [3.63, 3.8) is 0 Å². The second-order valence-electron chi connectivity index (χ2n) is 4.96. The van der Waals surface area contributed by atoms with E-state index >= 15 is 0 Å². The first-order chi connectivity index (χ1) is 9.65. The smallest absolute Gasteiger partial charge is 0.255 e. The highest BCUT2D eigenvalue weighted by Crippen LogP contribution is 2.32. The summed E-state index contributed by atoms with van der Waals surface area (Å²) in [4.78, 5) is 15.6. The van der Waals surface area contributed by atoms with Gasteiger partial charge in [0.25, 0.3) is 5.91 Å². The number of nitrogens with zero attached hydrogens (tertiary/aromatic N) is 1. The Morgan fingerprint density at radius 1 is 1.40 bits per heavy atom. The van der Waals surface area contributed by atoms with Gasteiger partial charge in [-0.2, -0.15) is 11.3 Å². The third-order valence-electron chi connectivity index (χ3n) is 3.36. The van der Waals surface area contributed by atoms with Crippen LogP contribution in [0.2, 0.25) is 0 Å². The van der Waals surface area contributed by atoms with Crippen LogP contribution in [0.1, 0.15) is 28.8 Å². The molecule has 0 unspecified atom stereocenters. The van der Waals surface area contributed by atoms with Crippen LogP contribution in [0.4, 0.5) is 0 Å². The minimum Gasteiger partial charge on any atom is -0.331 e. The maximum absolute atomic E-state index is 12.8. The highest BCUT2D eigenvalue weighted by molar-refractivity contribution is 9.10. The Kier molecular flexibility index (Phi) is 4.19. The number of hydrogen-bond acceptors (Lipinski definition) is 3. The van der Waals surface area contributed by atoms with E-state index in [9.17, 15) is 4.79 Å². The predicted molar refractivity (Wildman–Crippen MR) is 88.6 cm³/mol. The molecule has 2 aromatic rings. The number of halogens is 1. The summed E-state index contributed by atoms with van der Waals surface area (Å²) < 4.78 is 0.830. The molecule has 1 aromatic carbocycles. The normalized spacial score (nSPS) is 14.3. The maximum atomic E-state index is 12.8. The third-order valence-corrected chi connectivity index (χ3v) is 5.06. The van der Waals surface area contributed by atoms with Gasteiger partial charge in [0, 0.05) is 22.0 Å². The van der Waals surface area contributed by atoms with E-state index in [1.54, 1.807) is 11.3 Å². The number of rotatable bonds is 4. The molecule has 0 spiro atoms. The summed E-state index contributed by atoms with van der Waals surface area (Å²) >= 11 is 9.47. The topological polar surface area (TPSA) is 20.3 Å². The van der Waals surface area contributed by atoms with E-state index in [-0.39, 0.29) is 5.91 Å². The Bertz CT molecular complexity index is 623. The van der Waals surface area contributed by atoms with Crippen LogP contribution < -0.4 is 0 Å². The molecule has 0 radical (unpaired) electrons. The predicted octanol–water partition coefficient (Wildman–Crippen LogP) is 4.60. The van der Waals surface area contributed by atoms with Crippen LogP contribution in [0.15, 0.2) is 44.4 Å². The molecule has 104 valence electrons. The summed E-state index contributed by atoms with van der Waals surface area (Å²) in [7, 11) is 0. The number of carbonyl (C=O) groups excluding carboxylic acids is 1. The first-order valence-corrected chi connectivity index (χ1v) is 8.64. The van der Waals surface area contributed by atoms with Gasteiger partial charge >= 0.3 is 0 Å². The van der Waals surface area contributed by atoms with E-state index in [0.717, 1.165) is 22.2 Å². The molecule has 0 aliphatic heterocycles. The third kappa shape index (κ3) is 3.10. The lowest BCUT2D eigenvalue weighted by molar-refractivity contribution is 0.0729. The Balaban J connectivity index is 1.87. The fraction of sp³-hybridized carbons (Fsp3) is 0.267. The van der Waals surface area contributed by atoms with Gasteiger partial charge in [0.05, 0.1) is 5.56 Å². The summed E-state index contributed by atoms with van der Waals surface area (Å²) in [6.07, 6.45) is 2.21. The van der Waals surface area contributed by atoms with Crippen molar-refractivity contribution in [1.29, 1.82) is 0 Å². The minimum absolute atomic E-state index is 0.0847. The lowest BCUT2D eigenvalue weighted by atomic mass is 10.2. The van der Waals surface area contributed by atoms with Gasteiger partial charge in [0.15, 0.2) is 0 Å². The summed E-state index contributed by atoms with van der Waals surface area (Å²) in [6.45, 7) is 0.691. The molecule has 1 aliphatic rings. The van der Waals surface area contributed by atoms with Crippen LogP contribution in [-0.4, -0.2) is 16.8 Å². The van der Waals surface area contributed by atoms with Crippen LogP contribution in [0, 0.1) is 0 Å². The lowest BCUT2D eigenvalue weighted by Crippen LogP contribution is -2.32. The minimum atomic E-state index is 0.0847. The molecule has 0 atom stereocenters. The van der Waals surface area contributed by atoms with Crippen LogP contribution in [0.25, 0.3) is 0 Å². The van der Waals surface area contributed by atoms with Crippen LogP contribution in [-0.2, 0) is 6.54 Å². The van der Waals surface area contributed by atoms with Crippen LogP contribution in [0.3, 0.4) is 0 Å². The molecule has 0 bridgehead atoms. The van der Waals surface area contributed by atoms with E-state index in [0.29, 0.717) is 18.2 Å². The Morgan fingerprint density at radius 2 is 2.20 bits per heavy atom. The molecule has 20 heavy (non-hydrogen) atoms. The zero-order chi connectivity index (χ0) is 14.1. The first kappa shape index (κ1) is 14.2. The molecule has 1 saturated carbocycles. The lowest BCUT2D eigenvalue weighted by Gasteiger charge is -2.23. The van der Waals surface area contributed by atoms with E-state index in [1.165, 1.54) is 5.56 Å². The SMILES string of the molecule is O=C(c1cc(S)ccc1Br)N(Cc1ccsc1)C1CC1. The van der Waals surface area contributed by atoms with Crippen LogP contribution >= 0.6 is 39.9 Å². The summed E-state index contributed by atoms with van der Waals surface area (Å²) in [6, 6.07) is 8.06. The van der Waals surface area contributed by atoms with Gasteiger partial charge in [-0.25, -0.2) is 0 Å². The average molecular weight is 368 g/mol. The van der Waals surface area contributed by atoms with Gasteiger partial charge in [-0.05, 0) is 69.4 Å². The van der Waals surface area contributed by atoms with E-state index in [4.69, 9.17) is 0 Å². The molecule has 1 aromatic heterocycles. The fourth-order valence-electron chi connectivity index (χ4n) is 2.16. The molecule has 3 rings (SSSR count). The molecular formula is C15H14BrNOS2. The highest BCUT2D eigenvalue weighted by atomic mass is 79.9. The Morgan fingerprint density at radius 3 is 2.85 bits per heavy atom. The fourth-order valence-corrected chi connectivity index (χ4v) is 3.44. The van der Waals surface area contributed by atoms with Crippen molar-refractivity contribution in [3.8, 4) is 0 Å². The number of carbonyl (C=O) groups is 1. The number of amides is 1. The molecule has 0 N–H and O–H groups in total. The molecule has 1 fully saturated rings. The first-order valence-electron chi connectivity index (χ1n) is 6.45. The Hall–Kier alpha value is -0.780. The number of hydrogen-bond donors (Lipinski definition) is 1. The van der Waals surface area contributed by atoms with Crippen LogP contribution in [0.5, 0.6) is 0 Å². The van der Waals surface area contributed by atoms with Crippen molar-refractivity contribution < 1.29 is 4.79 Å². The second kappa shape index (κ2) is 5.92. The Labute approximate surface area is 136 Å². The molecule has 1 aliphatic carbocycles. The average Bonchev–Trinajstić information content (AvgIpc) is 3.15. The van der Waals surface area contributed by atoms with Crippen molar-refractivity contribution in [2.45, 2.75) is 30.3 Å². The number of benzene rings is 1. The molecule has 2 nitrogen and oxygen atoms in total. The summed E-state index contributed by atoms with van der Waals surface area (Å²) in [5.74, 6) is 0.0847. The second-order valence-corrected chi connectivity index (χ2v) is 7.11. The quantitative estimate of drug-likeness (QED) is 0.782. The largest absolute Gasteiger partial charge is 0.331 e. The van der Waals surface area contributed by atoms with Gasteiger partial charge in [-0.3, -0.25) is 4.79 Å². The summed E-state index contributed by atoms with van der Waals surface area (Å²) in [5.41, 5.74) is 1.90. The van der Waals surface area contributed by atoms with Gasteiger partial charge in [-0.1, -0.05) is 0 Å². The van der Waals surface area contributed by atoms with E-state index in [2.05, 4.69) is 45.4 Å². The monoisotopic (exact) mass is 367 g/mol. The molecule has 0 saturated heterocycles. The zero-order valence-electron chi connectivity index (χ0n) is 10.8. The van der Waals surface area contributed by atoms with Crippen molar-refractivity contribution >= 4 is 45.8 Å². The van der Waals surface area contributed by atoms with Gasteiger partial charge in [-0.15, -0.1) is 12.6 Å². The highest BCUT2D eigenvalue weighted by Gasteiger charge is 2.33.